The summed E-state index contributed by atoms with van der Waals surface area (Å²) in [5, 5.41) is 0.384. The fourth-order valence-electron chi connectivity index (χ4n) is 1.89. The van der Waals surface area contributed by atoms with E-state index in [1.54, 1.807) is 0 Å². The Morgan fingerprint density at radius 2 is 1.75 bits per heavy atom. The average Bonchev–Trinajstić information content (AvgIpc) is 2.69. The van der Waals surface area contributed by atoms with Gasteiger partial charge in [0.25, 0.3) is 0 Å². The van der Waals surface area contributed by atoms with Crippen molar-refractivity contribution in [2.24, 2.45) is 0 Å². The molecule has 88 valence electrons. The van der Waals surface area contributed by atoms with Gasteiger partial charge in [-0.1, -0.05) is 11.6 Å². The molecule has 1 nitrogen and oxygen atoms in total. The molecular weight excluding hydrogens is 239 g/mol. The first-order valence-electron chi connectivity index (χ1n) is 5.10. The van der Waals surface area contributed by atoms with Gasteiger partial charge in [-0.3, -0.25) is 0 Å². The van der Waals surface area contributed by atoms with Crippen molar-refractivity contribution in [3.05, 3.63) is 28.8 Å². The van der Waals surface area contributed by atoms with Crippen LogP contribution in [0.5, 0.6) is 0 Å². The van der Waals surface area contributed by atoms with E-state index in [4.69, 9.17) is 11.6 Å². The van der Waals surface area contributed by atoms with E-state index >= 15 is 0 Å². The molecule has 0 spiro atoms. The highest BCUT2D eigenvalue weighted by molar-refractivity contribution is 6.33. The average molecular weight is 250 g/mol. The zero-order chi connectivity index (χ0) is 11.8. The predicted molar refractivity (Wildman–Crippen MR) is 57.9 cm³/mol. The van der Waals surface area contributed by atoms with Gasteiger partial charge in [0.1, 0.15) is 0 Å². The maximum atomic E-state index is 12.5. The van der Waals surface area contributed by atoms with Crippen molar-refractivity contribution in [2.45, 2.75) is 19.0 Å². The molecule has 0 unspecified atom stereocenters. The summed E-state index contributed by atoms with van der Waals surface area (Å²) in [4.78, 5) is 1.90. The van der Waals surface area contributed by atoms with Crippen LogP contribution in [-0.4, -0.2) is 13.1 Å². The maximum Gasteiger partial charge on any atom is 0.416 e. The van der Waals surface area contributed by atoms with Gasteiger partial charge < -0.3 is 4.90 Å². The van der Waals surface area contributed by atoms with Gasteiger partial charge in [0.2, 0.25) is 0 Å². The Balaban J connectivity index is 2.36. The summed E-state index contributed by atoms with van der Waals surface area (Å²) in [5.41, 5.74) is -0.146. The number of rotatable bonds is 1. The molecule has 0 saturated carbocycles. The van der Waals surface area contributed by atoms with Crippen LogP contribution in [0.2, 0.25) is 5.02 Å². The minimum absolute atomic E-state index is 0.384. The molecule has 0 aromatic heterocycles. The molecule has 0 amide bonds. The topological polar surface area (TPSA) is 3.24 Å². The number of anilines is 1. The summed E-state index contributed by atoms with van der Waals surface area (Å²) in [7, 11) is 0. The highest BCUT2D eigenvalue weighted by Gasteiger charge is 2.31. The zero-order valence-electron chi connectivity index (χ0n) is 8.52. The second-order valence-corrected chi connectivity index (χ2v) is 4.27. The third-order valence-electron chi connectivity index (χ3n) is 2.72. The summed E-state index contributed by atoms with van der Waals surface area (Å²) in [6, 6.07) is 3.47. The Morgan fingerprint density at radius 3 is 2.31 bits per heavy atom. The third kappa shape index (κ3) is 2.26. The first-order valence-corrected chi connectivity index (χ1v) is 5.48. The smallest absolute Gasteiger partial charge is 0.370 e. The number of nitrogens with zero attached hydrogens (tertiary/aromatic N) is 1. The van der Waals surface area contributed by atoms with Crippen molar-refractivity contribution >= 4 is 17.3 Å². The standard InChI is InChI=1S/C11H11ClF3N/c12-9-4-3-8(11(13,14)15)7-10(9)16-5-1-2-6-16/h3-4,7H,1-2,5-6H2. The second-order valence-electron chi connectivity index (χ2n) is 3.86. The molecule has 5 heteroatoms. The van der Waals surface area contributed by atoms with Gasteiger partial charge in [0.15, 0.2) is 0 Å². The van der Waals surface area contributed by atoms with Crippen LogP contribution >= 0.6 is 11.6 Å². The molecule has 1 aromatic carbocycles. The molecule has 16 heavy (non-hydrogen) atoms. The van der Waals surface area contributed by atoms with Crippen LogP contribution < -0.4 is 4.90 Å². The first-order chi connectivity index (χ1) is 7.48. The van der Waals surface area contributed by atoms with Gasteiger partial charge in [0, 0.05) is 13.1 Å². The lowest BCUT2D eigenvalue weighted by Crippen LogP contribution is -2.19. The van der Waals surface area contributed by atoms with Crippen molar-refractivity contribution < 1.29 is 13.2 Å². The fourth-order valence-corrected chi connectivity index (χ4v) is 2.13. The van der Waals surface area contributed by atoms with Crippen LogP contribution in [0.3, 0.4) is 0 Å². The van der Waals surface area contributed by atoms with Crippen molar-refractivity contribution in [2.75, 3.05) is 18.0 Å². The fraction of sp³-hybridized carbons (Fsp3) is 0.455. The molecular formula is C11H11ClF3N. The first kappa shape index (κ1) is 11.6. The lowest BCUT2D eigenvalue weighted by atomic mass is 10.2. The summed E-state index contributed by atoms with van der Waals surface area (Å²) < 4.78 is 37.6. The minimum Gasteiger partial charge on any atom is -0.370 e. The van der Waals surface area contributed by atoms with Gasteiger partial charge in [0.05, 0.1) is 16.3 Å². The number of benzene rings is 1. The Labute approximate surface area is 96.8 Å². The predicted octanol–water partition coefficient (Wildman–Crippen LogP) is 3.96. The Hall–Kier alpha value is -0.900. The lowest BCUT2D eigenvalue weighted by Gasteiger charge is -2.20. The molecule has 0 bridgehead atoms. The molecule has 1 aliphatic heterocycles. The van der Waals surface area contributed by atoms with E-state index < -0.39 is 11.7 Å². The van der Waals surface area contributed by atoms with E-state index in [1.165, 1.54) is 6.07 Å². The molecule has 0 radical (unpaired) electrons. The largest absolute Gasteiger partial charge is 0.416 e. The maximum absolute atomic E-state index is 12.5. The minimum atomic E-state index is -4.31. The number of alkyl halides is 3. The van der Waals surface area contributed by atoms with Crippen LogP contribution in [0.4, 0.5) is 18.9 Å². The van der Waals surface area contributed by atoms with Crippen LogP contribution in [0.15, 0.2) is 18.2 Å². The van der Waals surface area contributed by atoms with E-state index in [2.05, 4.69) is 0 Å². The van der Waals surface area contributed by atoms with Crippen LogP contribution in [0.1, 0.15) is 18.4 Å². The Bertz CT molecular complexity index is 383. The highest BCUT2D eigenvalue weighted by atomic mass is 35.5. The second kappa shape index (κ2) is 4.17. The van der Waals surface area contributed by atoms with Gasteiger partial charge in [-0.2, -0.15) is 13.2 Å². The zero-order valence-corrected chi connectivity index (χ0v) is 9.28. The van der Waals surface area contributed by atoms with Gasteiger partial charge in [-0.05, 0) is 31.0 Å². The van der Waals surface area contributed by atoms with Crippen molar-refractivity contribution in [3.8, 4) is 0 Å². The summed E-state index contributed by atoms with van der Waals surface area (Å²) in [6.07, 6.45) is -2.29. The van der Waals surface area contributed by atoms with E-state index in [1.807, 2.05) is 4.90 Å². The van der Waals surface area contributed by atoms with Crippen molar-refractivity contribution in [1.29, 1.82) is 0 Å². The third-order valence-corrected chi connectivity index (χ3v) is 3.04. The molecule has 0 atom stereocenters. The molecule has 1 aromatic rings. The summed E-state index contributed by atoms with van der Waals surface area (Å²) in [6.45, 7) is 1.56. The van der Waals surface area contributed by atoms with Crippen LogP contribution in [0.25, 0.3) is 0 Å². The molecule has 1 saturated heterocycles. The van der Waals surface area contributed by atoms with Crippen LogP contribution in [-0.2, 0) is 6.18 Å². The Morgan fingerprint density at radius 1 is 1.12 bits per heavy atom. The number of hydrogen-bond donors (Lipinski definition) is 0. The number of hydrogen-bond acceptors (Lipinski definition) is 1. The van der Waals surface area contributed by atoms with Crippen molar-refractivity contribution in [3.63, 3.8) is 0 Å². The lowest BCUT2D eigenvalue weighted by molar-refractivity contribution is -0.137. The SMILES string of the molecule is FC(F)(F)c1ccc(Cl)c(N2CCCC2)c1. The van der Waals surface area contributed by atoms with Gasteiger partial charge in [-0.25, -0.2) is 0 Å². The molecule has 0 N–H and O–H groups in total. The molecule has 1 fully saturated rings. The molecule has 1 aliphatic rings. The highest BCUT2D eigenvalue weighted by Crippen LogP contribution is 2.36. The number of halogens is 4. The summed E-state index contributed by atoms with van der Waals surface area (Å²) >= 11 is 5.92. The quantitative estimate of drug-likeness (QED) is 0.728. The molecule has 1 heterocycles. The van der Waals surface area contributed by atoms with E-state index in [9.17, 15) is 13.2 Å². The van der Waals surface area contributed by atoms with Crippen LogP contribution in [0, 0.1) is 0 Å². The van der Waals surface area contributed by atoms with Gasteiger partial charge >= 0.3 is 6.18 Å². The molecule has 0 aliphatic carbocycles. The molecule has 2 rings (SSSR count). The van der Waals surface area contributed by atoms with Gasteiger partial charge in [-0.15, -0.1) is 0 Å². The van der Waals surface area contributed by atoms with E-state index in [0.29, 0.717) is 10.7 Å². The monoisotopic (exact) mass is 249 g/mol. The normalized spacial score (nSPS) is 16.9. The van der Waals surface area contributed by atoms with E-state index in [-0.39, 0.29) is 0 Å². The van der Waals surface area contributed by atoms with E-state index in [0.717, 1.165) is 38.1 Å². The Kier molecular flexibility index (Phi) is 3.02. The van der Waals surface area contributed by atoms with Crippen molar-refractivity contribution in [1.82, 2.24) is 0 Å². The summed E-state index contributed by atoms with van der Waals surface area (Å²) in [5.74, 6) is 0.